The van der Waals surface area contributed by atoms with Crippen LogP contribution in [0.5, 0.6) is 0 Å². The van der Waals surface area contributed by atoms with Crippen LogP contribution in [0, 0.1) is 5.92 Å². The lowest BCUT2D eigenvalue weighted by atomic mass is 10.3. The summed E-state index contributed by atoms with van der Waals surface area (Å²) in [7, 11) is 0. The summed E-state index contributed by atoms with van der Waals surface area (Å²) in [6, 6.07) is 3.86. The quantitative estimate of drug-likeness (QED) is 0.618. The predicted octanol–water partition coefficient (Wildman–Crippen LogP) is 1.75. The monoisotopic (exact) mass is 248 g/mol. The number of carbonyl (C=O) groups is 1. The van der Waals surface area contributed by atoms with E-state index in [1.807, 2.05) is 12.1 Å². The third kappa shape index (κ3) is 1.98. The van der Waals surface area contributed by atoms with Gasteiger partial charge in [0.2, 0.25) is 0 Å². The minimum atomic E-state index is -0.215. The average molecular weight is 248 g/mol. The van der Waals surface area contributed by atoms with Gasteiger partial charge in [-0.15, -0.1) is 0 Å². The van der Waals surface area contributed by atoms with Crippen molar-refractivity contribution in [3.8, 4) is 0 Å². The lowest BCUT2D eigenvalue weighted by Crippen LogP contribution is -2.21. The molecule has 1 aromatic rings. The van der Waals surface area contributed by atoms with E-state index in [4.69, 9.17) is 16.6 Å². The lowest BCUT2D eigenvalue weighted by molar-refractivity contribution is -0.115. The van der Waals surface area contributed by atoms with Gasteiger partial charge in [-0.25, -0.2) is 0 Å². The van der Waals surface area contributed by atoms with Crippen molar-refractivity contribution >= 4 is 29.3 Å². The van der Waals surface area contributed by atoms with Crippen LogP contribution in [-0.4, -0.2) is 11.0 Å². The molecule has 1 aromatic heterocycles. The Hall–Kier alpha value is -1.62. The molecule has 0 radical (unpaired) electrons. The van der Waals surface area contributed by atoms with Crippen LogP contribution in [0.15, 0.2) is 22.2 Å². The first-order valence-corrected chi connectivity index (χ1v) is 5.98. The van der Waals surface area contributed by atoms with Gasteiger partial charge in [0.25, 0.3) is 5.91 Å². The first-order valence-electron chi connectivity index (χ1n) is 5.57. The fourth-order valence-corrected chi connectivity index (χ4v) is 2.19. The van der Waals surface area contributed by atoms with E-state index in [1.54, 1.807) is 6.08 Å². The van der Waals surface area contributed by atoms with Crippen molar-refractivity contribution in [2.45, 2.75) is 19.3 Å². The highest BCUT2D eigenvalue weighted by Crippen LogP contribution is 2.47. The van der Waals surface area contributed by atoms with Crippen LogP contribution >= 0.6 is 12.2 Å². The molecule has 0 spiro atoms. The van der Waals surface area contributed by atoms with Crippen LogP contribution in [0.3, 0.4) is 0 Å². The van der Waals surface area contributed by atoms with Gasteiger partial charge in [0.15, 0.2) is 5.11 Å². The van der Waals surface area contributed by atoms with Crippen LogP contribution in [-0.2, 0) is 4.79 Å². The molecule has 1 aliphatic carbocycles. The number of hydrogen-bond donors (Lipinski definition) is 2. The molecule has 1 aliphatic heterocycles. The maximum Gasteiger partial charge on any atom is 0.274 e. The van der Waals surface area contributed by atoms with E-state index in [0.717, 1.165) is 5.76 Å². The van der Waals surface area contributed by atoms with E-state index in [2.05, 4.69) is 17.6 Å². The Labute approximate surface area is 104 Å². The zero-order valence-corrected chi connectivity index (χ0v) is 10.1. The summed E-state index contributed by atoms with van der Waals surface area (Å²) < 4.78 is 5.68. The Kier molecular flexibility index (Phi) is 2.29. The summed E-state index contributed by atoms with van der Waals surface area (Å²) in [6.45, 7) is 2.20. The summed E-state index contributed by atoms with van der Waals surface area (Å²) in [4.78, 5) is 11.4. The van der Waals surface area contributed by atoms with E-state index in [0.29, 0.717) is 28.4 Å². The molecule has 4 nitrogen and oxygen atoms in total. The van der Waals surface area contributed by atoms with E-state index in [9.17, 15) is 4.79 Å². The molecule has 5 heteroatoms. The molecule has 2 aliphatic rings. The molecule has 0 aromatic carbocycles. The van der Waals surface area contributed by atoms with Crippen molar-refractivity contribution < 1.29 is 9.21 Å². The zero-order valence-electron chi connectivity index (χ0n) is 9.32. The predicted molar refractivity (Wildman–Crippen MR) is 67.1 cm³/mol. The second-order valence-corrected chi connectivity index (χ2v) is 4.93. The van der Waals surface area contributed by atoms with Gasteiger partial charge in [-0.05, 0) is 36.7 Å². The largest absolute Gasteiger partial charge is 0.461 e. The lowest BCUT2D eigenvalue weighted by Gasteiger charge is -1.93. The standard InChI is InChI=1S/C12H12N2O2S/c1-6-4-8(6)10-3-2-7(16-10)5-9-11(15)14-12(17)13-9/h2-3,5-6,8H,4H2,1H3,(H2,13,14,15,17)/b9-5+. The Morgan fingerprint density at radius 3 is 2.82 bits per heavy atom. The van der Waals surface area contributed by atoms with Gasteiger partial charge in [0.1, 0.15) is 17.2 Å². The Morgan fingerprint density at radius 1 is 1.47 bits per heavy atom. The first-order chi connectivity index (χ1) is 8.13. The highest BCUT2D eigenvalue weighted by Gasteiger charge is 2.36. The van der Waals surface area contributed by atoms with Crippen molar-refractivity contribution in [2.24, 2.45) is 5.92 Å². The fraction of sp³-hybridized carbons (Fsp3) is 0.333. The van der Waals surface area contributed by atoms with E-state index < -0.39 is 0 Å². The second-order valence-electron chi connectivity index (χ2n) is 4.53. The molecule has 1 saturated carbocycles. The van der Waals surface area contributed by atoms with E-state index in [1.165, 1.54) is 6.42 Å². The summed E-state index contributed by atoms with van der Waals surface area (Å²) in [5, 5.41) is 5.63. The van der Waals surface area contributed by atoms with Crippen LogP contribution in [0.4, 0.5) is 0 Å². The molecular weight excluding hydrogens is 236 g/mol. The minimum Gasteiger partial charge on any atom is -0.461 e. The van der Waals surface area contributed by atoms with Gasteiger partial charge in [-0.2, -0.15) is 0 Å². The summed E-state index contributed by atoms with van der Waals surface area (Å²) in [5.41, 5.74) is 0.430. The first kappa shape index (κ1) is 10.5. The van der Waals surface area contributed by atoms with Crippen molar-refractivity contribution in [2.75, 3.05) is 0 Å². The van der Waals surface area contributed by atoms with Gasteiger partial charge < -0.3 is 9.73 Å². The molecule has 2 N–H and O–H groups in total. The third-order valence-corrected chi connectivity index (χ3v) is 3.33. The van der Waals surface area contributed by atoms with Crippen LogP contribution < -0.4 is 10.6 Å². The number of carbonyl (C=O) groups excluding carboxylic acids is 1. The Bertz CT molecular complexity index is 532. The average Bonchev–Trinajstić information content (AvgIpc) is 2.71. The van der Waals surface area contributed by atoms with Crippen molar-refractivity contribution in [1.29, 1.82) is 0 Å². The number of amides is 1. The van der Waals surface area contributed by atoms with Crippen molar-refractivity contribution in [3.63, 3.8) is 0 Å². The highest BCUT2D eigenvalue weighted by molar-refractivity contribution is 7.80. The minimum absolute atomic E-state index is 0.215. The zero-order chi connectivity index (χ0) is 12.0. The number of thiocarbonyl (C=S) groups is 1. The van der Waals surface area contributed by atoms with Gasteiger partial charge in [0.05, 0.1) is 0 Å². The molecular formula is C12H12N2O2S. The fourth-order valence-electron chi connectivity index (χ4n) is 1.99. The maximum atomic E-state index is 11.4. The number of rotatable bonds is 2. The van der Waals surface area contributed by atoms with Crippen LogP contribution in [0.25, 0.3) is 6.08 Å². The van der Waals surface area contributed by atoms with Crippen LogP contribution in [0.2, 0.25) is 0 Å². The molecule has 0 bridgehead atoms. The normalized spacial score (nSPS) is 29.4. The molecule has 2 unspecified atom stereocenters. The SMILES string of the molecule is CC1CC1c1ccc(/C=C2/NC(=S)NC2=O)o1. The molecule has 2 heterocycles. The summed E-state index contributed by atoms with van der Waals surface area (Å²) in [6.07, 6.45) is 2.86. The Balaban J connectivity index is 1.81. The molecule has 1 saturated heterocycles. The van der Waals surface area contributed by atoms with Crippen LogP contribution in [0.1, 0.15) is 30.8 Å². The second kappa shape index (κ2) is 3.70. The highest BCUT2D eigenvalue weighted by atomic mass is 32.1. The molecule has 3 rings (SSSR count). The van der Waals surface area contributed by atoms with E-state index in [-0.39, 0.29) is 5.91 Å². The molecule has 2 atom stereocenters. The number of furan rings is 1. The molecule has 1 amide bonds. The molecule has 17 heavy (non-hydrogen) atoms. The van der Waals surface area contributed by atoms with Crippen molar-refractivity contribution in [1.82, 2.24) is 10.6 Å². The molecule has 88 valence electrons. The summed E-state index contributed by atoms with van der Waals surface area (Å²) in [5.74, 6) is 2.73. The topological polar surface area (TPSA) is 54.3 Å². The Morgan fingerprint density at radius 2 is 2.24 bits per heavy atom. The van der Waals surface area contributed by atoms with Gasteiger partial charge in [-0.1, -0.05) is 6.92 Å². The maximum absolute atomic E-state index is 11.4. The third-order valence-electron chi connectivity index (χ3n) is 3.13. The summed E-state index contributed by atoms with van der Waals surface area (Å²) >= 11 is 4.85. The van der Waals surface area contributed by atoms with E-state index >= 15 is 0 Å². The van der Waals surface area contributed by atoms with Gasteiger partial charge >= 0.3 is 0 Å². The molecule has 2 fully saturated rings. The van der Waals surface area contributed by atoms with Gasteiger partial charge in [-0.3, -0.25) is 10.1 Å². The smallest absolute Gasteiger partial charge is 0.274 e. The van der Waals surface area contributed by atoms with Gasteiger partial charge in [0, 0.05) is 12.0 Å². The number of nitrogens with one attached hydrogen (secondary N) is 2. The van der Waals surface area contributed by atoms with Crippen molar-refractivity contribution in [3.05, 3.63) is 29.4 Å². The number of hydrogen-bond acceptors (Lipinski definition) is 3.